The molecule has 2 heteroatoms. The summed E-state index contributed by atoms with van der Waals surface area (Å²) in [4.78, 5) is 2.54. The second-order valence-electron chi connectivity index (χ2n) is 5.30. The maximum Gasteiger partial charge on any atom is 0.0194 e. The fraction of sp³-hybridized carbons (Fsp3) is 0.818. The van der Waals surface area contributed by atoms with Crippen molar-refractivity contribution in [1.29, 1.82) is 0 Å². The van der Waals surface area contributed by atoms with E-state index in [0.717, 1.165) is 13.1 Å². The molecule has 0 unspecified atom stereocenters. The molecule has 74 valence electrons. The molecule has 2 fully saturated rings. The van der Waals surface area contributed by atoms with Crippen LogP contribution in [0.3, 0.4) is 0 Å². The Kier molecular flexibility index (Phi) is 2.20. The van der Waals surface area contributed by atoms with Gasteiger partial charge in [-0.25, -0.2) is 0 Å². The van der Waals surface area contributed by atoms with E-state index < -0.39 is 0 Å². The molecule has 1 N–H and O–H groups in total. The fourth-order valence-electron chi connectivity index (χ4n) is 2.28. The van der Waals surface area contributed by atoms with Gasteiger partial charge in [-0.1, -0.05) is 19.4 Å². The normalized spacial score (nSPS) is 26.5. The minimum atomic E-state index is 0.572. The minimum Gasteiger partial charge on any atom is -0.309 e. The average Bonchev–Trinajstić information content (AvgIpc) is 1.77. The van der Waals surface area contributed by atoms with E-state index in [1.807, 2.05) is 0 Å². The lowest BCUT2D eigenvalue weighted by molar-refractivity contribution is 0.0397. The first-order chi connectivity index (χ1) is 6.07. The van der Waals surface area contributed by atoms with Gasteiger partial charge in [-0.3, -0.25) is 4.90 Å². The molecular weight excluding hydrogens is 160 g/mol. The first-order valence-corrected chi connectivity index (χ1v) is 5.17. The van der Waals surface area contributed by atoms with E-state index in [4.69, 9.17) is 0 Å². The van der Waals surface area contributed by atoms with Crippen LogP contribution in [0, 0.1) is 5.41 Å². The van der Waals surface area contributed by atoms with Crippen LogP contribution in [0.5, 0.6) is 0 Å². The molecule has 2 aliphatic rings. The molecule has 0 spiro atoms. The maximum absolute atomic E-state index is 3.29. The molecule has 13 heavy (non-hydrogen) atoms. The van der Waals surface area contributed by atoms with Gasteiger partial charge in [-0.05, 0) is 17.9 Å². The highest BCUT2D eigenvalue weighted by Crippen LogP contribution is 2.29. The summed E-state index contributed by atoms with van der Waals surface area (Å²) in [6, 6.07) is 0. The van der Waals surface area contributed by atoms with Crippen molar-refractivity contribution in [3.05, 3.63) is 11.1 Å². The number of rotatable bonds is 2. The molecule has 2 rings (SSSR count). The lowest BCUT2D eigenvalue weighted by Gasteiger charge is -2.46. The van der Waals surface area contributed by atoms with Crippen LogP contribution in [-0.4, -0.2) is 37.6 Å². The lowest BCUT2D eigenvalue weighted by atomic mass is 9.84. The molecule has 0 aromatic carbocycles. The van der Waals surface area contributed by atoms with Crippen molar-refractivity contribution in [3.63, 3.8) is 0 Å². The van der Waals surface area contributed by atoms with E-state index in [9.17, 15) is 0 Å². The number of nitrogens with zero attached hydrogens (tertiary/aromatic N) is 1. The predicted octanol–water partition coefficient (Wildman–Crippen LogP) is 1.25. The maximum atomic E-state index is 3.29. The molecule has 0 saturated carbocycles. The van der Waals surface area contributed by atoms with Crippen LogP contribution in [0.25, 0.3) is 0 Å². The lowest BCUT2D eigenvalue weighted by Crippen LogP contribution is -2.53. The summed E-state index contributed by atoms with van der Waals surface area (Å²) in [6.45, 7) is 13.0. The van der Waals surface area contributed by atoms with Gasteiger partial charge in [-0.2, -0.15) is 0 Å². The Hall–Kier alpha value is -0.340. The van der Waals surface area contributed by atoms with Crippen LogP contribution in [0.2, 0.25) is 0 Å². The third kappa shape index (κ3) is 1.94. The smallest absolute Gasteiger partial charge is 0.0194 e. The Morgan fingerprint density at radius 2 is 2.00 bits per heavy atom. The molecule has 2 heterocycles. The van der Waals surface area contributed by atoms with E-state index >= 15 is 0 Å². The molecular formula is C11H20N2. The Morgan fingerprint density at radius 3 is 2.38 bits per heavy atom. The van der Waals surface area contributed by atoms with Crippen molar-refractivity contribution in [3.8, 4) is 0 Å². The Labute approximate surface area is 81.0 Å². The highest BCUT2D eigenvalue weighted by molar-refractivity contribution is 5.22. The summed E-state index contributed by atoms with van der Waals surface area (Å²) < 4.78 is 0. The van der Waals surface area contributed by atoms with Gasteiger partial charge < -0.3 is 5.32 Å². The van der Waals surface area contributed by atoms with Crippen molar-refractivity contribution < 1.29 is 0 Å². The van der Waals surface area contributed by atoms with Crippen molar-refractivity contribution in [2.75, 3.05) is 32.7 Å². The SMILES string of the molecule is CC(CN1CC(C)(C)C1)=C1CNC1. The van der Waals surface area contributed by atoms with Gasteiger partial charge in [0.15, 0.2) is 0 Å². The third-order valence-electron chi connectivity index (χ3n) is 3.04. The molecule has 0 atom stereocenters. The van der Waals surface area contributed by atoms with Gasteiger partial charge in [0, 0.05) is 32.7 Å². The minimum absolute atomic E-state index is 0.572. The molecule has 2 nitrogen and oxygen atoms in total. The average molecular weight is 180 g/mol. The van der Waals surface area contributed by atoms with Crippen LogP contribution in [0.1, 0.15) is 20.8 Å². The number of hydrogen-bond acceptors (Lipinski definition) is 2. The van der Waals surface area contributed by atoms with Gasteiger partial charge >= 0.3 is 0 Å². The highest BCUT2D eigenvalue weighted by Gasteiger charge is 2.33. The van der Waals surface area contributed by atoms with Crippen LogP contribution in [0.15, 0.2) is 11.1 Å². The van der Waals surface area contributed by atoms with E-state index in [2.05, 4.69) is 31.0 Å². The van der Waals surface area contributed by atoms with Crippen LogP contribution < -0.4 is 5.32 Å². The molecule has 2 aliphatic heterocycles. The van der Waals surface area contributed by atoms with Crippen molar-refractivity contribution in [1.82, 2.24) is 10.2 Å². The van der Waals surface area contributed by atoms with Gasteiger partial charge in [0.25, 0.3) is 0 Å². The van der Waals surface area contributed by atoms with Crippen molar-refractivity contribution in [2.45, 2.75) is 20.8 Å². The standard InChI is InChI=1S/C11H20N2/c1-9(10-4-12-5-10)6-13-7-11(2,3)8-13/h12H,4-8H2,1-3H3. The van der Waals surface area contributed by atoms with Gasteiger partial charge in [0.05, 0.1) is 0 Å². The van der Waals surface area contributed by atoms with Gasteiger partial charge in [-0.15, -0.1) is 0 Å². The van der Waals surface area contributed by atoms with Gasteiger partial charge in [0.1, 0.15) is 0 Å². The summed E-state index contributed by atoms with van der Waals surface area (Å²) in [5.74, 6) is 0. The molecule has 0 aliphatic carbocycles. The van der Waals surface area contributed by atoms with Crippen LogP contribution >= 0.6 is 0 Å². The summed E-state index contributed by atoms with van der Waals surface area (Å²) >= 11 is 0. The number of hydrogen-bond donors (Lipinski definition) is 1. The first kappa shape index (κ1) is 9.22. The molecule has 2 saturated heterocycles. The predicted molar refractivity (Wildman–Crippen MR) is 55.8 cm³/mol. The summed E-state index contributed by atoms with van der Waals surface area (Å²) in [6.07, 6.45) is 0. The van der Waals surface area contributed by atoms with Gasteiger partial charge in [0.2, 0.25) is 0 Å². The zero-order valence-corrected chi connectivity index (χ0v) is 8.98. The fourth-order valence-corrected chi connectivity index (χ4v) is 2.28. The largest absolute Gasteiger partial charge is 0.309 e. The zero-order chi connectivity index (χ0) is 9.47. The van der Waals surface area contributed by atoms with Crippen molar-refractivity contribution >= 4 is 0 Å². The van der Waals surface area contributed by atoms with Crippen LogP contribution in [-0.2, 0) is 0 Å². The zero-order valence-electron chi connectivity index (χ0n) is 8.98. The number of likely N-dealkylation sites (tertiary alicyclic amines) is 1. The quantitative estimate of drug-likeness (QED) is 0.643. The topological polar surface area (TPSA) is 15.3 Å². The molecule has 0 bridgehead atoms. The molecule has 0 amide bonds. The summed E-state index contributed by atoms with van der Waals surface area (Å²) in [7, 11) is 0. The van der Waals surface area contributed by atoms with E-state index in [0.29, 0.717) is 5.41 Å². The Bertz CT molecular complexity index is 226. The monoisotopic (exact) mass is 180 g/mol. The Morgan fingerprint density at radius 1 is 1.38 bits per heavy atom. The highest BCUT2D eigenvalue weighted by atomic mass is 15.2. The molecule has 0 aromatic heterocycles. The van der Waals surface area contributed by atoms with Crippen molar-refractivity contribution in [2.24, 2.45) is 5.41 Å². The van der Waals surface area contributed by atoms with E-state index in [1.54, 1.807) is 11.1 Å². The second kappa shape index (κ2) is 3.10. The number of nitrogens with one attached hydrogen (secondary N) is 1. The summed E-state index contributed by atoms with van der Waals surface area (Å²) in [5, 5.41) is 3.29. The summed E-state index contributed by atoms with van der Waals surface area (Å²) in [5.41, 5.74) is 3.79. The Balaban J connectivity index is 1.80. The van der Waals surface area contributed by atoms with E-state index in [-0.39, 0.29) is 0 Å². The molecule has 0 radical (unpaired) electrons. The van der Waals surface area contributed by atoms with E-state index in [1.165, 1.54) is 19.6 Å². The third-order valence-corrected chi connectivity index (χ3v) is 3.04. The second-order valence-corrected chi connectivity index (χ2v) is 5.30. The first-order valence-electron chi connectivity index (χ1n) is 5.17. The molecule has 0 aromatic rings. The van der Waals surface area contributed by atoms with Crippen LogP contribution in [0.4, 0.5) is 0 Å².